The summed E-state index contributed by atoms with van der Waals surface area (Å²) in [7, 11) is -3.51. The topological polar surface area (TPSA) is 108 Å². The van der Waals surface area contributed by atoms with Crippen LogP contribution in [0.25, 0.3) is 0 Å². The van der Waals surface area contributed by atoms with Gasteiger partial charge in [0, 0.05) is 13.1 Å². The van der Waals surface area contributed by atoms with Crippen LogP contribution in [0.3, 0.4) is 0 Å². The van der Waals surface area contributed by atoms with Crippen molar-refractivity contribution in [3.8, 4) is 0 Å². The minimum Gasteiger partial charge on any atom is -0.295 e. The molecule has 1 saturated heterocycles. The molecule has 3 heterocycles. The molecule has 1 amide bonds. The van der Waals surface area contributed by atoms with Crippen molar-refractivity contribution >= 4 is 33.2 Å². The van der Waals surface area contributed by atoms with Gasteiger partial charge in [-0.2, -0.15) is 14.4 Å². The van der Waals surface area contributed by atoms with Gasteiger partial charge in [-0.1, -0.05) is 6.07 Å². The number of sulfonamides is 1. The number of carbonyl (C=O) groups is 1. The first-order chi connectivity index (χ1) is 10.6. The highest BCUT2D eigenvalue weighted by Crippen LogP contribution is 2.26. The van der Waals surface area contributed by atoms with Gasteiger partial charge in [0.05, 0.1) is 5.92 Å². The van der Waals surface area contributed by atoms with E-state index in [1.54, 1.807) is 17.5 Å². The Labute approximate surface area is 131 Å². The number of hydrogen-bond donors (Lipinski definition) is 2. The highest BCUT2D eigenvalue weighted by molar-refractivity contribution is 7.91. The van der Waals surface area contributed by atoms with Crippen LogP contribution >= 0.6 is 11.3 Å². The molecular formula is C12H15N5O3S2. The van der Waals surface area contributed by atoms with Crippen LogP contribution in [0.4, 0.5) is 5.95 Å². The Hall–Kier alpha value is -1.78. The average Bonchev–Trinajstić information content (AvgIpc) is 3.21. The Bertz CT molecular complexity index is 727. The van der Waals surface area contributed by atoms with Gasteiger partial charge in [-0.05, 0) is 24.3 Å². The van der Waals surface area contributed by atoms with Crippen LogP contribution in [0.15, 0.2) is 28.0 Å². The van der Waals surface area contributed by atoms with E-state index in [9.17, 15) is 13.2 Å². The minimum atomic E-state index is -3.51. The molecule has 0 saturated carbocycles. The molecule has 8 nitrogen and oxygen atoms in total. The lowest BCUT2D eigenvalue weighted by Crippen LogP contribution is -2.43. The lowest BCUT2D eigenvalue weighted by Gasteiger charge is -2.30. The number of carbonyl (C=O) groups excluding carboxylic acids is 1. The number of hydrogen-bond acceptors (Lipinski definition) is 6. The van der Waals surface area contributed by atoms with E-state index < -0.39 is 15.9 Å². The molecule has 10 heteroatoms. The Kier molecular flexibility index (Phi) is 4.23. The molecule has 0 unspecified atom stereocenters. The van der Waals surface area contributed by atoms with Gasteiger partial charge in [-0.3, -0.25) is 10.1 Å². The first-order valence-corrected chi connectivity index (χ1v) is 9.09. The third kappa shape index (κ3) is 3.03. The van der Waals surface area contributed by atoms with E-state index in [-0.39, 0.29) is 18.4 Å². The quantitative estimate of drug-likeness (QED) is 0.859. The van der Waals surface area contributed by atoms with Crippen LogP contribution in [0.1, 0.15) is 12.8 Å². The molecule has 118 valence electrons. The standard InChI is InChI=1S/C12H15N5O3S2/c18-11(15-12-13-8-14-16-12)9-3-1-5-17(7-9)22(19,20)10-4-2-6-21-10/h2,4,6,8-9H,1,3,5,7H2,(H2,13,14,15,16,18)/t9-/m0/s1. The van der Waals surface area contributed by atoms with Gasteiger partial charge >= 0.3 is 0 Å². The Balaban J connectivity index is 1.70. The number of H-pyrrole nitrogens is 1. The molecule has 1 aliphatic heterocycles. The molecule has 2 aromatic heterocycles. The summed E-state index contributed by atoms with van der Waals surface area (Å²) < 4.78 is 26.7. The third-order valence-electron chi connectivity index (χ3n) is 3.50. The lowest BCUT2D eigenvalue weighted by molar-refractivity contribution is -0.120. The molecule has 1 aliphatic rings. The highest BCUT2D eigenvalue weighted by atomic mass is 32.2. The van der Waals surface area contributed by atoms with E-state index in [1.165, 1.54) is 22.0 Å². The fourth-order valence-electron chi connectivity index (χ4n) is 2.40. The molecule has 0 spiro atoms. The summed E-state index contributed by atoms with van der Waals surface area (Å²) in [6.45, 7) is 0.618. The van der Waals surface area contributed by atoms with Crippen LogP contribution in [0.5, 0.6) is 0 Å². The molecule has 1 fully saturated rings. The number of aromatic amines is 1. The van der Waals surface area contributed by atoms with Crippen LogP contribution in [0.2, 0.25) is 0 Å². The zero-order valence-electron chi connectivity index (χ0n) is 11.6. The third-order valence-corrected chi connectivity index (χ3v) is 6.74. The Morgan fingerprint density at radius 1 is 1.50 bits per heavy atom. The zero-order valence-corrected chi connectivity index (χ0v) is 13.2. The number of nitrogens with one attached hydrogen (secondary N) is 2. The van der Waals surface area contributed by atoms with E-state index in [2.05, 4.69) is 20.5 Å². The predicted molar refractivity (Wildman–Crippen MR) is 80.8 cm³/mol. The monoisotopic (exact) mass is 341 g/mol. The second-order valence-electron chi connectivity index (χ2n) is 4.96. The predicted octanol–water partition coefficient (Wildman–Crippen LogP) is 0.906. The van der Waals surface area contributed by atoms with E-state index in [0.717, 1.165) is 0 Å². The van der Waals surface area contributed by atoms with Crippen LogP contribution < -0.4 is 5.32 Å². The van der Waals surface area contributed by atoms with Crippen molar-refractivity contribution in [2.45, 2.75) is 17.1 Å². The van der Waals surface area contributed by atoms with Crippen molar-refractivity contribution < 1.29 is 13.2 Å². The highest BCUT2D eigenvalue weighted by Gasteiger charge is 2.33. The maximum Gasteiger partial charge on any atom is 0.252 e. The zero-order chi connectivity index (χ0) is 15.6. The van der Waals surface area contributed by atoms with Crippen molar-refractivity contribution in [1.82, 2.24) is 19.5 Å². The van der Waals surface area contributed by atoms with E-state index in [1.807, 2.05) is 0 Å². The van der Waals surface area contributed by atoms with Gasteiger partial charge in [0.1, 0.15) is 10.5 Å². The maximum absolute atomic E-state index is 12.5. The lowest BCUT2D eigenvalue weighted by atomic mass is 9.99. The van der Waals surface area contributed by atoms with E-state index >= 15 is 0 Å². The number of rotatable bonds is 4. The van der Waals surface area contributed by atoms with E-state index in [0.29, 0.717) is 23.6 Å². The minimum absolute atomic E-state index is 0.181. The number of amides is 1. The average molecular weight is 341 g/mol. The first kappa shape index (κ1) is 15.1. The van der Waals surface area contributed by atoms with Gasteiger partial charge in [-0.25, -0.2) is 13.5 Å². The SMILES string of the molecule is O=C(Nc1ncn[nH]1)[C@H]1CCCN(S(=O)(=O)c2cccs2)C1. The molecule has 0 aromatic carbocycles. The Morgan fingerprint density at radius 2 is 2.36 bits per heavy atom. The molecule has 0 bridgehead atoms. The summed E-state index contributed by atoms with van der Waals surface area (Å²) >= 11 is 1.18. The number of thiophene rings is 1. The molecule has 0 aliphatic carbocycles. The molecule has 1 atom stereocenters. The Morgan fingerprint density at radius 3 is 3.05 bits per heavy atom. The molecular weight excluding hydrogens is 326 g/mol. The summed E-state index contributed by atoms with van der Waals surface area (Å²) in [5, 5.41) is 10.5. The normalized spacial score (nSPS) is 19.9. The van der Waals surface area contributed by atoms with Crippen molar-refractivity contribution in [2.24, 2.45) is 5.92 Å². The molecule has 3 rings (SSSR count). The number of piperidine rings is 1. The summed E-state index contributed by atoms with van der Waals surface area (Å²) in [6, 6.07) is 3.29. The summed E-state index contributed by atoms with van der Waals surface area (Å²) in [5.74, 6) is -0.375. The molecule has 0 radical (unpaired) electrons. The van der Waals surface area contributed by atoms with Gasteiger partial charge in [0.15, 0.2) is 0 Å². The van der Waals surface area contributed by atoms with E-state index in [4.69, 9.17) is 0 Å². The molecule has 2 aromatic rings. The maximum atomic E-state index is 12.5. The number of aromatic nitrogens is 3. The smallest absolute Gasteiger partial charge is 0.252 e. The fourth-order valence-corrected chi connectivity index (χ4v) is 5.07. The molecule has 22 heavy (non-hydrogen) atoms. The van der Waals surface area contributed by atoms with Crippen molar-refractivity contribution in [2.75, 3.05) is 18.4 Å². The largest absolute Gasteiger partial charge is 0.295 e. The van der Waals surface area contributed by atoms with Gasteiger partial charge in [0.2, 0.25) is 11.9 Å². The van der Waals surface area contributed by atoms with Crippen molar-refractivity contribution in [3.05, 3.63) is 23.8 Å². The first-order valence-electron chi connectivity index (χ1n) is 6.77. The number of anilines is 1. The second kappa shape index (κ2) is 6.15. The van der Waals surface area contributed by atoms with Gasteiger partial charge < -0.3 is 0 Å². The van der Waals surface area contributed by atoms with Crippen LogP contribution in [-0.4, -0.2) is 46.9 Å². The second-order valence-corrected chi connectivity index (χ2v) is 8.07. The summed E-state index contributed by atoms with van der Waals surface area (Å²) in [4.78, 5) is 16.0. The fraction of sp³-hybridized carbons (Fsp3) is 0.417. The summed E-state index contributed by atoms with van der Waals surface area (Å²) in [5.41, 5.74) is 0. The van der Waals surface area contributed by atoms with Crippen molar-refractivity contribution in [3.63, 3.8) is 0 Å². The molecule has 2 N–H and O–H groups in total. The van der Waals surface area contributed by atoms with Crippen LogP contribution in [-0.2, 0) is 14.8 Å². The van der Waals surface area contributed by atoms with Crippen molar-refractivity contribution in [1.29, 1.82) is 0 Å². The summed E-state index contributed by atoms with van der Waals surface area (Å²) in [6.07, 6.45) is 2.60. The van der Waals surface area contributed by atoms with Gasteiger partial charge in [0.25, 0.3) is 10.0 Å². The number of nitrogens with zero attached hydrogens (tertiary/aromatic N) is 3. The van der Waals surface area contributed by atoms with Crippen LogP contribution in [0, 0.1) is 5.92 Å². The van der Waals surface area contributed by atoms with Gasteiger partial charge in [-0.15, -0.1) is 11.3 Å².